The Balaban J connectivity index is 1.93. The number of carbonyl (C=O) groups is 1. The summed E-state index contributed by atoms with van der Waals surface area (Å²) in [6.07, 6.45) is 8.96. The topological polar surface area (TPSA) is 61.4 Å². The van der Waals surface area contributed by atoms with Crippen LogP contribution in [0.5, 0.6) is 0 Å². The molecule has 1 saturated heterocycles. The predicted octanol–water partition coefficient (Wildman–Crippen LogP) is 1.82. The van der Waals surface area contributed by atoms with Gasteiger partial charge in [-0.3, -0.25) is 4.79 Å². The lowest BCUT2D eigenvalue weighted by Crippen LogP contribution is -2.53. The molecule has 4 heteroatoms. The number of piperidine rings is 1. The average Bonchev–Trinajstić information content (AvgIpc) is 2.48. The molecule has 116 valence electrons. The van der Waals surface area contributed by atoms with Crippen LogP contribution in [0.25, 0.3) is 0 Å². The van der Waals surface area contributed by atoms with Gasteiger partial charge in [-0.2, -0.15) is 0 Å². The molecule has 1 heterocycles. The highest BCUT2D eigenvalue weighted by Gasteiger charge is 2.36. The summed E-state index contributed by atoms with van der Waals surface area (Å²) in [5.74, 6) is 0.730. The molecule has 2 rings (SSSR count). The lowest BCUT2D eigenvalue weighted by atomic mass is 9.79. The minimum absolute atomic E-state index is 0.159. The first-order valence-electron chi connectivity index (χ1n) is 8.28. The first-order chi connectivity index (χ1) is 9.65. The fourth-order valence-electron chi connectivity index (χ4n) is 3.69. The number of hydrogen-bond acceptors (Lipinski definition) is 3. The van der Waals surface area contributed by atoms with Crippen LogP contribution in [-0.2, 0) is 4.79 Å². The van der Waals surface area contributed by atoms with Crippen molar-refractivity contribution < 1.29 is 9.90 Å². The van der Waals surface area contributed by atoms with Gasteiger partial charge in [0, 0.05) is 19.2 Å². The second-order valence-electron chi connectivity index (χ2n) is 6.83. The number of rotatable bonds is 5. The van der Waals surface area contributed by atoms with Crippen molar-refractivity contribution in [3.05, 3.63) is 0 Å². The molecule has 1 amide bonds. The monoisotopic (exact) mass is 282 g/mol. The molecule has 2 aliphatic rings. The largest absolute Gasteiger partial charge is 0.396 e. The standard InChI is InChI=1S/C16H30N2O2/c1-16(9-5-10-17-12-16)15(20)18-14(8-11-19)13-6-3-2-4-7-13/h13-14,17,19H,2-12H2,1H3,(H,18,20). The van der Waals surface area contributed by atoms with Gasteiger partial charge in [0.15, 0.2) is 0 Å². The van der Waals surface area contributed by atoms with Gasteiger partial charge in [0.1, 0.15) is 0 Å². The number of amides is 1. The fourth-order valence-corrected chi connectivity index (χ4v) is 3.69. The van der Waals surface area contributed by atoms with E-state index in [-0.39, 0.29) is 24.0 Å². The highest BCUT2D eigenvalue weighted by atomic mass is 16.3. The Bertz CT molecular complexity index is 308. The molecule has 0 aromatic heterocycles. The van der Waals surface area contributed by atoms with Crippen molar-refractivity contribution in [2.75, 3.05) is 19.7 Å². The third-order valence-corrected chi connectivity index (χ3v) is 5.12. The Morgan fingerprint density at radius 2 is 2.10 bits per heavy atom. The molecular formula is C16H30N2O2. The van der Waals surface area contributed by atoms with Crippen LogP contribution in [0.1, 0.15) is 58.3 Å². The van der Waals surface area contributed by atoms with Crippen LogP contribution in [0.2, 0.25) is 0 Å². The number of carbonyl (C=O) groups excluding carboxylic acids is 1. The normalized spacial score (nSPS) is 29.9. The molecule has 0 aromatic rings. The Morgan fingerprint density at radius 1 is 1.35 bits per heavy atom. The van der Waals surface area contributed by atoms with Gasteiger partial charge in [-0.25, -0.2) is 0 Å². The van der Waals surface area contributed by atoms with E-state index in [1.165, 1.54) is 32.1 Å². The second-order valence-corrected chi connectivity index (χ2v) is 6.83. The fraction of sp³-hybridized carbons (Fsp3) is 0.938. The Kier molecular flexibility index (Phi) is 5.85. The van der Waals surface area contributed by atoms with Gasteiger partial charge < -0.3 is 15.7 Å². The maximum Gasteiger partial charge on any atom is 0.227 e. The summed E-state index contributed by atoms with van der Waals surface area (Å²) in [5.41, 5.74) is -0.277. The highest BCUT2D eigenvalue weighted by molar-refractivity contribution is 5.82. The maximum absolute atomic E-state index is 12.6. The summed E-state index contributed by atoms with van der Waals surface area (Å²) in [6.45, 7) is 4.02. The number of hydrogen-bond donors (Lipinski definition) is 3. The molecule has 0 spiro atoms. The predicted molar refractivity (Wildman–Crippen MR) is 80.4 cm³/mol. The molecule has 0 bridgehead atoms. The van der Waals surface area contributed by atoms with Crippen molar-refractivity contribution >= 4 is 5.91 Å². The van der Waals surface area contributed by atoms with Gasteiger partial charge in [-0.05, 0) is 51.5 Å². The van der Waals surface area contributed by atoms with Crippen LogP contribution in [0.3, 0.4) is 0 Å². The van der Waals surface area contributed by atoms with E-state index in [9.17, 15) is 9.90 Å². The SMILES string of the molecule is CC1(C(=O)NC(CCO)C2CCCCC2)CCCNC1. The third kappa shape index (κ3) is 3.95. The zero-order chi connectivity index (χ0) is 14.4. The van der Waals surface area contributed by atoms with Crippen LogP contribution in [0, 0.1) is 11.3 Å². The van der Waals surface area contributed by atoms with E-state index in [4.69, 9.17) is 0 Å². The molecule has 1 saturated carbocycles. The molecule has 2 unspecified atom stereocenters. The van der Waals surface area contributed by atoms with Gasteiger partial charge in [-0.1, -0.05) is 19.3 Å². The summed E-state index contributed by atoms with van der Waals surface area (Å²) >= 11 is 0. The van der Waals surface area contributed by atoms with E-state index in [0.717, 1.165) is 25.9 Å². The molecule has 1 aliphatic carbocycles. The second kappa shape index (κ2) is 7.41. The zero-order valence-electron chi connectivity index (χ0n) is 12.8. The molecule has 2 atom stereocenters. The summed E-state index contributed by atoms with van der Waals surface area (Å²) in [7, 11) is 0. The number of nitrogens with one attached hydrogen (secondary N) is 2. The first-order valence-corrected chi connectivity index (χ1v) is 8.28. The van der Waals surface area contributed by atoms with Crippen molar-refractivity contribution in [2.45, 2.75) is 64.3 Å². The van der Waals surface area contributed by atoms with E-state index < -0.39 is 0 Å². The lowest BCUT2D eigenvalue weighted by Gasteiger charge is -2.37. The number of aliphatic hydroxyl groups excluding tert-OH is 1. The van der Waals surface area contributed by atoms with Crippen LogP contribution in [-0.4, -0.2) is 36.8 Å². The minimum Gasteiger partial charge on any atom is -0.396 e. The zero-order valence-corrected chi connectivity index (χ0v) is 12.8. The van der Waals surface area contributed by atoms with Crippen LogP contribution >= 0.6 is 0 Å². The van der Waals surface area contributed by atoms with Gasteiger partial charge in [0.25, 0.3) is 0 Å². The lowest BCUT2D eigenvalue weighted by molar-refractivity contribution is -0.132. The smallest absolute Gasteiger partial charge is 0.227 e. The summed E-state index contributed by atoms with van der Waals surface area (Å²) in [4.78, 5) is 12.6. The molecule has 0 aromatic carbocycles. The molecule has 20 heavy (non-hydrogen) atoms. The van der Waals surface area contributed by atoms with E-state index in [1.807, 2.05) is 0 Å². The maximum atomic E-state index is 12.6. The molecule has 0 radical (unpaired) electrons. The third-order valence-electron chi connectivity index (χ3n) is 5.12. The molecule has 3 N–H and O–H groups in total. The van der Waals surface area contributed by atoms with Crippen molar-refractivity contribution in [3.8, 4) is 0 Å². The van der Waals surface area contributed by atoms with Crippen LogP contribution < -0.4 is 10.6 Å². The van der Waals surface area contributed by atoms with Gasteiger partial charge in [0.05, 0.1) is 5.41 Å². The quantitative estimate of drug-likeness (QED) is 0.721. The summed E-state index contributed by atoms with van der Waals surface area (Å²) in [5, 5.41) is 15.9. The van der Waals surface area contributed by atoms with Crippen molar-refractivity contribution in [3.63, 3.8) is 0 Å². The van der Waals surface area contributed by atoms with E-state index >= 15 is 0 Å². The van der Waals surface area contributed by atoms with Crippen molar-refractivity contribution in [1.82, 2.24) is 10.6 Å². The molecule has 1 aliphatic heterocycles. The molecular weight excluding hydrogens is 252 g/mol. The number of aliphatic hydroxyl groups is 1. The summed E-state index contributed by atoms with van der Waals surface area (Å²) < 4.78 is 0. The van der Waals surface area contributed by atoms with Crippen molar-refractivity contribution in [1.29, 1.82) is 0 Å². The van der Waals surface area contributed by atoms with Gasteiger partial charge in [0.2, 0.25) is 5.91 Å². The van der Waals surface area contributed by atoms with Crippen molar-refractivity contribution in [2.24, 2.45) is 11.3 Å². The Hall–Kier alpha value is -0.610. The molecule has 2 fully saturated rings. The van der Waals surface area contributed by atoms with Crippen LogP contribution in [0.4, 0.5) is 0 Å². The van der Waals surface area contributed by atoms with Gasteiger partial charge >= 0.3 is 0 Å². The summed E-state index contributed by atoms with van der Waals surface area (Å²) in [6, 6.07) is 0.159. The first kappa shape index (κ1) is 15.8. The minimum atomic E-state index is -0.277. The Morgan fingerprint density at radius 3 is 2.70 bits per heavy atom. The van der Waals surface area contributed by atoms with Crippen LogP contribution in [0.15, 0.2) is 0 Å². The molecule has 4 nitrogen and oxygen atoms in total. The van der Waals surface area contributed by atoms with E-state index in [0.29, 0.717) is 12.3 Å². The van der Waals surface area contributed by atoms with E-state index in [1.54, 1.807) is 0 Å². The van der Waals surface area contributed by atoms with E-state index in [2.05, 4.69) is 17.6 Å². The highest BCUT2D eigenvalue weighted by Crippen LogP contribution is 2.30. The average molecular weight is 282 g/mol. The van der Waals surface area contributed by atoms with Gasteiger partial charge in [-0.15, -0.1) is 0 Å². The Labute approximate surface area is 122 Å².